The summed E-state index contributed by atoms with van der Waals surface area (Å²) in [7, 11) is 0. The molecule has 0 aromatic carbocycles. The first-order valence-electron chi connectivity index (χ1n) is 5.96. The Morgan fingerprint density at radius 3 is 3.19 bits per heavy atom. The summed E-state index contributed by atoms with van der Waals surface area (Å²) < 4.78 is 0. The Bertz CT molecular complexity index is 495. The van der Waals surface area contributed by atoms with E-state index in [1.54, 1.807) is 0 Å². The van der Waals surface area contributed by atoms with Gasteiger partial charge < -0.3 is 10.3 Å². The topological polar surface area (TPSA) is 40.7 Å². The minimum absolute atomic E-state index is 0.798. The van der Waals surface area contributed by atoms with E-state index >= 15 is 0 Å². The number of pyridine rings is 1. The maximum atomic E-state index is 4.21. The van der Waals surface area contributed by atoms with Gasteiger partial charge in [0, 0.05) is 17.8 Å². The normalized spacial score (nSPS) is 20.7. The third-order valence-corrected chi connectivity index (χ3v) is 3.53. The van der Waals surface area contributed by atoms with Gasteiger partial charge in [-0.3, -0.25) is 4.98 Å². The predicted molar refractivity (Wildman–Crippen MR) is 65.5 cm³/mol. The SMILES string of the molecule is Cc1cncc2[nH]cc(CC3CCNC3)c12. The molecule has 3 heterocycles. The van der Waals surface area contributed by atoms with E-state index in [0.717, 1.165) is 12.5 Å². The molecule has 1 unspecified atom stereocenters. The number of fused-ring (bicyclic) bond motifs is 1. The van der Waals surface area contributed by atoms with Gasteiger partial charge in [-0.05, 0) is 49.9 Å². The highest BCUT2D eigenvalue weighted by Crippen LogP contribution is 2.25. The summed E-state index contributed by atoms with van der Waals surface area (Å²) >= 11 is 0. The second-order valence-corrected chi connectivity index (χ2v) is 4.76. The lowest BCUT2D eigenvalue weighted by atomic mass is 9.97. The van der Waals surface area contributed by atoms with E-state index in [2.05, 4.69) is 28.4 Å². The van der Waals surface area contributed by atoms with Crippen molar-refractivity contribution in [2.45, 2.75) is 19.8 Å². The van der Waals surface area contributed by atoms with Crippen molar-refractivity contribution in [2.24, 2.45) is 5.92 Å². The molecule has 0 saturated carbocycles. The summed E-state index contributed by atoms with van der Waals surface area (Å²) in [6, 6.07) is 0. The number of aryl methyl sites for hydroxylation is 1. The van der Waals surface area contributed by atoms with Crippen LogP contribution in [0.15, 0.2) is 18.6 Å². The van der Waals surface area contributed by atoms with Crippen LogP contribution in [0.1, 0.15) is 17.5 Å². The first kappa shape index (κ1) is 9.85. The van der Waals surface area contributed by atoms with Gasteiger partial charge in [0.25, 0.3) is 0 Å². The van der Waals surface area contributed by atoms with Crippen LogP contribution in [-0.2, 0) is 6.42 Å². The molecule has 1 atom stereocenters. The second-order valence-electron chi connectivity index (χ2n) is 4.76. The lowest BCUT2D eigenvalue weighted by Crippen LogP contribution is -2.10. The van der Waals surface area contributed by atoms with Crippen molar-refractivity contribution in [1.82, 2.24) is 15.3 Å². The van der Waals surface area contributed by atoms with Crippen molar-refractivity contribution < 1.29 is 0 Å². The van der Waals surface area contributed by atoms with E-state index < -0.39 is 0 Å². The highest BCUT2D eigenvalue weighted by atomic mass is 14.9. The fourth-order valence-corrected chi connectivity index (χ4v) is 2.70. The van der Waals surface area contributed by atoms with Crippen LogP contribution in [0.5, 0.6) is 0 Å². The summed E-state index contributed by atoms with van der Waals surface area (Å²) in [6.45, 7) is 4.48. The van der Waals surface area contributed by atoms with Crippen LogP contribution < -0.4 is 5.32 Å². The molecule has 2 aromatic rings. The van der Waals surface area contributed by atoms with E-state index in [4.69, 9.17) is 0 Å². The average molecular weight is 215 g/mol. The van der Waals surface area contributed by atoms with Crippen LogP contribution in [0, 0.1) is 12.8 Å². The molecule has 1 fully saturated rings. The minimum Gasteiger partial charge on any atom is -0.360 e. The maximum Gasteiger partial charge on any atom is 0.0645 e. The molecule has 84 valence electrons. The van der Waals surface area contributed by atoms with E-state index in [1.807, 2.05) is 12.4 Å². The van der Waals surface area contributed by atoms with Gasteiger partial charge in [0.2, 0.25) is 0 Å². The molecule has 1 saturated heterocycles. The number of nitrogens with one attached hydrogen (secondary N) is 2. The molecular formula is C13H17N3. The summed E-state index contributed by atoms with van der Waals surface area (Å²) in [5.41, 5.74) is 3.89. The van der Waals surface area contributed by atoms with Gasteiger partial charge in [-0.15, -0.1) is 0 Å². The molecule has 0 aliphatic carbocycles. The Labute approximate surface area is 95.3 Å². The number of aromatic nitrogens is 2. The van der Waals surface area contributed by atoms with E-state index in [9.17, 15) is 0 Å². The second kappa shape index (κ2) is 3.91. The van der Waals surface area contributed by atoms with Crippen molar-refractivity contribution in [1.29, 1.82) is 0 Å². The summed E-state index contributed by atoms with van der Waals surface area (Å²) in [6.07, 6.45) is 8.50. The van der Waals surface area contributed by atoms with Crippen LogP contribution in [-0.4, -0.2) is 23.1 Å². The molecule has 0 spiro atoms. The van der Waals surface area contributed by atoms with Crippen LogP contribution in [0.3, 0.4) is 0 Å². The molecule has 0 bridgehead atoms. The van der Waals surface area contributed by atoms with E-state index in [-0.39, 0.29) is 0 Å². The van der Waals surface area contributed by atoms with E-state index in [1.165, 1.54) is 41.4 Å². The Morgan fingerprint density at radius 1 is 1.44 bits per heavy atom. The Balaban J connectivity index is 1.97. The van der Waals surface area contributed by atoms with Gasteiger partial charge in [-0.2, -0.15) is 0 Å². The molecule has 2 aromatic heterocycles. The van der Waals surface area contributed by atoms with Crippen LogP contribution >= 0.6 is 0 Å². The van der Waals surface area contributed by atoms with Crippen LogP contribution in [0.25, 0.3) is 10.9 Å². The zero-order chi connectivity index (χ0) is 11.0. The predicted octanol–water partition coefficient (Wildman–Crippen LogP) is 2.02. The van der Waals surface area contributed by atoms with Crippen LogP contribution in [0.4, 0.5) is 0 Å². The molecule has 3 nitrogen and oxygen atoms in total. The van der Waals surface area contributed by atoms with Crippen molar-refractivity contribution in [3.63, 3.8) is 0 Å². The maximum absolute atomic E-state index is 4.21. The zero-order valence-corrected chi connectivity index (χ0v) is 9.59. The van der Waals surface area contributed by atoms with Gasteiger partial charge in [-0.1, -0.05) is 0 Å². The molecule has 2 N–H and O–H groups in total. The Hall–Kier alpha value is -1.35. The molecule has 1 aliphatic rings. The number of hydrogen-bond donors (Lipinski definition) is 2. The molecular weight excluding hydrogens is 198 g/mol. The van der Waals surface area contributed by atoms with Gasteiger partial charge in [0.05, 0.1) is 11.7 Å². The zero-order valence-electron chi connectivity index (χ0n) is 9.59. The molecule has 0 amide bonds. The third-order valence-electron chi connectivity index (χ3n) is 3.53. The van der Waals surface area contributed by atoms with Crippen LogP contribution in [0.2, 0.25) is 0 Å². The number of aromatic amines is 1. The highest BCUT2D eigenvalue weighted by molar-refractivity contribution is 5.85. The number of nitrogens with zero attached hydrogens (tertiary/aromatic N) is 1. The molecule has 0 radical (unpaired) electrons. The lowest BCUT2D eigenvalue weighted by Gasteiger charge is -2.07. The largest absolute Gasteiger partial charge is 0.360 e. The minimum atomic E-state index is 0.798. The van der Waals surface area contributed by atoms with E-state index in [0.29, 0.717) is 0 Å². The summed E-state index contributed by atoms with van der Waals surface area (Å²) in [5, 5.41) is 4.80. The Morgan fingerprint density at radius 2 is 2.38 bits per heavy atom. The van der Waals surface area contributed by atoms with Crippen molar-refractivity contribution in [3.8, 4) is 0 Å². The molecule has 1 aliphatic heterocycles. The number of hydrogen-bond acceptors (Lipinski definition) is 2. The van der Waals surface area contributed by atoms with Gasteiger partial charge in [0.1, 0.15) is 0 Å². The standard InChI is InChI=1S/C13H17N3/c1-9-5-15-8-12-13(9)11(7-16-12)4-10-2-3-14-6-10/h5,7-8,10,14,16H,2-4,6H2,1H3. The molecule has 16 heavy (non-hydrogen) atoms. The third kappa shape index (κ3) is 1.61. The van der Waals surface area contributed by atoms with Crippen molar-refractivity contribution >= 4 is 10.9 Å². The number of rotatable bonds is 2. The quantitative estimate of drug-likeness (QED) is 0.804. The average Bonchev–Trinajstić information content (AvgIpc) is 2.90. The molecule has 3 rings (SSSR count). The monoisotopic (exact) mass is 215 g/mol. The first-order chi connectivity index (χ1) is 7.84. The van der Waals surface area contributed by atoms with Gasteiger partial charge >= 0.3 is 0 Å². The first-order valence-corrected chi connectivity index (χ1v) is 5.96. The summed E-state index contributed by atoms with van der Waals surface area (Å²) in [4.78, 5) is 7.53. The lowest BCUT2D eigenvalue weighted by molar-refractivity contribution is 0.582. The molecule has 3 heteroatoms. The van der Waals surface area contributed by atoms with Gasteiger partial charge in [-0.25, -0.2) is 0 Å². The fraction of sp³-hybridized carbons (Fsp3) is 0.462. The Kier molecular flexibility index (Phi) is 2.40. The highest BCUT2D eigenvalue weighted by Gasteiger charge is 2.17. The van der Waals surface area contributed by atoms with Crippen molar-refractivity contribution in [2.75, 3.05) is 13.1 Å². The van der Waals surface area contributed by atoms with Crippen molar-refractivity contribution in [3.05, 3.63) is 29.7 Å². The fourth-order valence-electron chi connectivity index (χ4n) is 2.70. The van der Waals surface area contributed by atoms with Gasteiger partial charge in [0.15, 0.2) is 0 Å². The number of H-pyrrole nitrogens is 1. The smallest absolute Gasteiger partial charge is 0.0645 e. The summed E-state index contributed by atoms with van der Waals surface area (Å²) in [5.74, 6) is 0.798.